The third kappa shape index (κ3) is 6.39. The number of aryl methyl sites for hydroxylation is 2. The van der Waals surface area contributed by atoms with Crippen molar-refractivity contribution in [3.8, 4) is 0 Å². The Morgan fingerprint density at radius 2 is 2.00 bits per heavy atom. The molecular weight excluding hydrogens is 396 g/mol. The molecule has 0 radical (unpaired) electrons. The number of anilines is 1. The van der Waals surface area contributed by atoms with E-state index in [1.807, 2.05) is 30.3 Å². The Hall–Kier alpha value is -3.20. The van der Waals surface area contributed by atoms with Gasteiger partial charge in [-0.3, -0.25) is 19.7 Å². The highest BCUT2D eigenvalue weighted by Crippen LogP contribution is 2.18. The molecule has 1 aliphatic heterocycles. The van der Waals surface area contributed by atoms with E-state index in [0.717, 1.165) is 25.7 Å². The second-order valence-corrected chi connectivity index (χ2v) is 7.74. The van der Waals surface area contributed by atoms with E-state index in [1.54, 1.807) is 13.0 Å². The van der Waals surface area contributed by atoms with Crippen molar-refractivity contribution in [2.24, 2.45) is 0 Å². The lowest BCUT2D eigenvalue weighted by Gasteiger charge is -2.32. The van der Waals surface area contributed by atoms with Gasteiger partial charge in [-0.15, -0.1) is 0 Å². The number of hydrogen-bond acceptors (Lipinski definition) is 5. The summed E-state index contributed by atoms with van der Waals surface area (Å²) in [7, 11) is 0. The summed E-state index contributed by atoms with van der Waals surface area (Å²) < 4.78 is 1.50. The van der Waals surface area contributed by atoms with Crippen LogP contribution in [0.1, 0.15) is 50.2 Å². The average Bonchev–Trinajstić information content (AvgIpc) is 3.11. The van der Waals surface area contributed by atoms with Crippen LogP contribution >= 0.6 is 0 Å². The SMILES string of the molecule is CCCC1CC(=O)NC(n2nc(C)cc2NC(=O)C(=O)NCCCc2ccccc2)N1. The molecule has 1 aromatic carbocycles. The number of hydrogen-bond donors (Lipinski definition) is 4. The molecule has 0 saturated carbocycles. The van der Waals surface area contributed by atoms with Crippen molar-refractivity contribution in [3.05, 3.63) is 47.7 Å². The smallest absolute Gasteiger partial charge is 0.314 e. The van der Waals surface area contributed by atoms with Crippen LogP contribution in [0.15, 0.2) is 36.4 Å². The first-order chi connectivity index (χ1) is 15.0. The average molecular weight is 427 g/mol. The summed E-state index contributed by atoms with van der Waals surface area (Å²) in [5.74, 6) is -1.21. The highest BCUT2D eigenvalue weighted by atomic mass is 16.2. The summed E-state index contributed by atoms with van der Waals surface area (Å²) in [6.45, 7) is 4.24. The fourth-order valence-electron chi connectivity index (χ4n) is 3.62. The van der Waals surface area contributed by atoms with Crippen LogP contribution in [0.2, 0.25) is 0 Å². The molecule has 1 fully saturated rings. The van der Waals surface area contributed by atoms with Crippen LogP contribution < -0.4 is 21.3 Å². The van der Waals surface area contributed by atoms with Crippen molar-refractivity contribution in [2.45, 2.75) is 58.3 Å². The first-order valence-corrected chi connectivity index (χ1v) is 10.7. The molecule has 4 N–H and O–H groups in total. The van der Waals surface area contributed by atoms with Crippen LogP contribution in [0.3, 0.4) is 0 Å². The van der Waals surface area contributed by atoms with Gasteiger partial charge in [0, 0.05) is 25.1 Å². The molecule has 9 nitrogen and oxygen atoms in total. The Bertz CT molecular complexity index is 911. The van der Waals surface area contributed by atoms with Gasteiger partial charge < -0.3 is 16.0 Å². The number of benzene rings is 1. The van der Waals surface area contributed by atoms with E-state index in [0.29, 0.717) is 24.5 Å². The molecule has 1 aromatic heterocycles. The summed E-state index contributed by atoms with van der Waals surface area (Å²) >= 11 is 0. The van der Waals surface area contributed by atoms with Gasteiger partial charge in [0.2, 0.25) is 5.91 Å². The molecule has 2 atom stereocenters. The number of carbonyl (C=O) groups is 3. The number of carbonyl (C=O) groups excluding carboxylic acids is 3. The molecule has 2 aromatic rings. The van der Waals surface area contributed by atoms with E-state index < -0.39 is 18.1 Å². The van der Waals surface area contributed by atoms with Gasteiger partial charge >= 0.3 is 11.8 Å². The fourth-order valence-corrected chi connectivity index (χ4v) is 3.62. The Morgan fingerprint density at radius 3 is 2.74 bits per heavy atom. The topological polar surface area (TPSA) is 117 Å². The van der Waals surface area contributed by atoms with Gasteiger partial charge in [0.1, 0.15) is 5.82 Å². The molecule has 31 heavy (non-hydrogen) atoms. The van der Waals surface area contributed by atoms with E-state index in [2.05, 4.69) is 33.3 Å². The van der Waals surface area contributed by atoms with Crippen LogP contribution in [-0.2, 0) is 20.8 Å². The van der Waals surface area contributed by atoms with E-state index in [1.165, 1.54) is 10.2 Å². The zero-order valence-electron chi connectivity index (χ0n) is 18.0. The third-order valence-electron chi connectivity index (χ3n) is 5.08. The second kappa shape index (κ2) is 10.7. The Kier molecular flexibility index (Phi) is 7.77. The minimum Gasteiger partial charge on any atom is -0.348 e. The Balaban J connectivity index is 1.55. The maximum Gasteiger partial charge on any atom is 0.314 e. The number of nitrogens with zero attached hydrogens (tertiary/aromatic N) is 2. The minimum atomic E-state index is -0.770. The van der Waals surface area contributed by atoms with Crippen molar-refractivity contribution >= 4 is 23.5 Å². The number of amides is 3. The summed E-state index contributed by atoms with van der Waals surface area (Å²) in [6, 6.07) is 11.7. The molecule has 2 unspecified atom stereocenters. The highest BCUT2D eigenvalue weighted by molar-refractivity contribution is 6.39. The molecule has 0 aliphatic carbocycles. The minimum absolute atomic E-state index is 0.0321. The first kappa shape index (κ1) is 22.5. The predicted octanol–water partition coefficient (Wildman–Crippen LogP) is 1.61. The number of nitrogens with one attached hydrogen (secondary N) is 4. The maximum absolute atomic E-state index is 12.4. The highest BCUT2D eigenvalue weighted by Gasteiger charge is 2.29. The monoisotopic (exact) mass is 426 g/mol. The van der Waals surface area contributed by atoms with Crippen molar-refractivity contribution in [3.63, 3.8) is 0 Å². The normalized spacial score (nSPS) is 18.3. The molecule has 2 heterocycles. The Labute approximate surface area is 182 Å². The lowest BCUT2D eigenvalue weighted by molar-refractivity contribution is -0.136. The molecule has 1 aliphatic rings. The van der Waals surface area contributed by atoms with Crippen LogP contribution in [0.25, 0.3) is 0 Å². The van der Waals surface area contributed by atoms with Crippen molar-refractivity contribution in [1.29, 1.82) is 0 Å². The van der Waals surface area contributed by atoms with Crippen LogP contribution in [0.5, 0.6) is 0 Å². The molecule has 3 amide bonds. The lowest BCUT2D eigenvalue weighted by atomic mass is 10.1. The molecule has 0 bridgehead atoms. The molecule has 9 heteroatoms. The number of aromatic nitrogens is 2. The number of rotatable bonds is 8. The quantitative estimate of drug-likeness (QED) is 0.378. The van der Waals surface area contributed by atoms with E-state index >= 15 is 0 Å². The third-order valence-corrected chi connectivity index (χ3v) is 5.08. The predicted molar refractivity (Wildman–Crippen MR) is 117 cm³/mol. The van der Waals surface area contributed by atoms with Gasteiger partial charge in [0.25, 0.3) is 0 Å². The summed E-state index contributed by atoms with van der Waals surface area (Å²) in [5.41, 5.74) is 1.84. The lowest BCUT2D eigenvalue weighted by Crippen LogP contribution is -2.53. The van der Waals surface area contributed by atoms with Crippen LogP contribution in [-0.4, -0.2) is 40.1 Å². The molecule has 0 spiro atoms. The first-order valence-electron chi connectivity index (χ1n) is 10.7. The van der Waals surface area contributed by atoms with Gasteiger partial charge in [-0.25, -0.2) is 4.68 Å². The Morgan fingerprint density at radius 1 is 1.23 bits per heavy atom. The summed E-state index contributed by atoms with van der Waals surface area (Å²) in [5, 5.41) is 15.8. The standard InChI is InChI=1S/C22H30N6O3/c1-3-8-17-14-19(29)26-22(24-17)28-18(13-15(2)27-28)25-21(31)20(30)23-12-7-11-16-9-5-4-6-10-16/h4-6,9-10,13,17,22,24H,3,7-8,11-12,14H2,1-2H3,(H,23,30)(H,25,31)(H,26,29). The van der Waals surface area contributed by atoms with E-state index in [4.69, 9.17) is 0 Å². The fraction of sp³-hybridized carbons (Fsp3) is 0.455. The van der Waals surface area contributed by atoms with Gasteiger partial charge in [0.05, 0.1) is 5.69 Å². The van der Waals surface area contributed by atoms with Crippen molar-refractivity contribution < 1.29 is 14.4 Å². The molecule has 166 valence electrons. The van der Waals surface area contributed by atoms with E-state index in [-0.39, 0.29) is 11.9 Å². The zero-order chi connectivity index (χ0) is 22.2. The molecule has 3 rings (SSSR count). The maximum atomic E-state index is 12.4. The van der Waals surface area contributed by atoms with Crippen LogP contribution in [0.4, 0.5) is 5.82 Å². The summed E-state index contributed by atoms with van der Waals surface area (Å²) in [4.78, 5) is 36.7. The van der Waals surface area contributed by atoms with Crippen LogP contribution in [0, 0.1) is 6.92 Å². The van der Waals surface area contributed by atoms with Gasteiger partial charge in [-0.2, -0.15) is 5.10 Å². The van der Waals surface area contributed by atoms with Crippen molar-refractivity contribution in [1.82, 2.24) is 25.7 Å². The second-order valence-electron chi connectivity index (χ2n) is 7.74. The zero-order valence-corrected chi connectivity index (χ0v) is 18.0. The van der Waals surface area contributed by atoms with Crippen molar-refractivity contribution in [2.75, 3.05) is 11.9 Å². The molecule has 1 saturated heterocycles. The molecular formula is C22H30N6O3. The largest absolute Gasteiger partial charge is 0.348 e. The van der Waals surface area contributed by atoms with Gasteiger partial charge in [-0.1, -0.05) is 43.7 Å². The van der Waals surface area contributed by atoms with Gasteiger partial charge in [-0.05, 0) is 31.7 Å². The summed E-state index contributed by atoms with van der Waals surface area (Å²) in [6.07, 6.45) is 3.17. The van der Waals surface area contributed by atoms with Gasteiger partial charge in [0.15, 0.2) is 6.29 Å². The van der Waals surface area contributed by atoms with E-state index in [9.17, 15) is 14.4 Å².